The van der Waals surface area contributed by atoms with Crippen molar-refractivity contribution < 1.29 is 33.3 Å². The summed E-state index contributed by atoms with van der Waals surface area (Å²) >= 11 is 1.40. The molecule has 3 aromatic rings. The number of fused-ring (bicyclic) bond motifs is 13. The van der Waals surface area contributed by atoms with Crippen LogP contribution in [-0.4, -0.2) is 74.1 Å². The summed E-state index contributed by atoms with van der Waals surface area (Å²) in [6.45, 7) is 10.8. The van der Waals surface area contributed by atoms with Gasteiger partial charge < -0.3 is 40.2 Å². The number of nitrogens with one attached hydrogen (secondary N) is 4. The summed E-state index contributed by atoms with van der Waals surface area (Å²) in [6, 6.07) is 24.6. The SMILES string of the molecule is C=C1N[C@@H](C(C)C)COCCCCOc2ccc(cc2)C[C@H]1NC(=O)N[C@@H](CSCCNC(=O)OCc1ccccc1)C(=O)OCc1ccccc1. The molecule has 3 amide bonds. The van der Waals surface area contributed by atoms with Crippen molar-refractivity contribution in [2.45, 2.75) is 64.4 Å². The quantitative estimate of drug-likeness (QED) is 0.124. The standard InChI is InChI=1S/C40H52N4O7S/c1-29(2)36-27-48-21-10-11-22-49-34-18-16-31(17-19-34)24-35(30(3)42-36)43-39(46)44-37(38(45)50-25-32-12-6-4-7-13-32)28-52-23-20-41-40(47)51-26-33-14-8-5-9-15-33/h4-9,12-19,29,35-37,42H,3,10-11,20-28H2,1-2H3,(H,41,47)(H2,43,44,46)/t35-,36-,37+/m1/s1. The summed E-state index contributed by atoms with van der Waals surface area (Å²) in [7, 11) is 0. The number of hydrogen-bond donors (Lipinski definition) is 4. The highest BCUT2D eigenvalue weighted by Crippen LogP contribution is 2.17. The lowest BCUT2D eigenvalue weighted by molar-refractivity contribution is -0.146. The number of rotatable bonds is 13. The number of hydrogen-bond acceptors (Lipinski definition) is 9. The molecule has 2 aliphatic heterocycles. The lowest BCUT2D eigenvalue weighted by Gasteiger charge is -2.30. The number of amides is 3. The third kappa shape index (κ3) is 14.9. The van der Waals surface area contributed by atoms with Crippen LogP contribution >= 0.6 is 11.8 Å². The second kappa shape index (κ2) is 22.3. The minimum absolute atomic E-state index is 0.0206. The van der Waals surface area contributed by atoms with Crippen molar-refractivity contribution in [2.75, 3.05) is 37.9 Å². The van der Waals surface area contributed by atoms with E-state index >= 15 is 0 Å². The van der Waals surface area contributed by atoms with E-state index in [0.717, 1.165) is 35.3 Å². The zero-order valence-electron chi connectivity index (χ0n) is 30.1. The van der Waals surface area contributed by atoms with Crippen LogP contribution in [0, 0.1) is 5.92 Å². The van der Waals surface area contributed by atoms with E-state index in [1.807, 2.05) is 84.9 Å². The Morgan fingerprint density at radius 2 is 1.56 bits per heavy atom. The molecule has 2 aliphatic rings. The van der Waals surface area contributed by atoms with Gasteiger partial charge in [0.2, 0.25) is 0 Å². The lowest BCUT2D eigenvalue weighted by atomic mass is 10.0. The Hall–Kier alpha value is -4.68. The van der Waals surface area contributed by atoms with Crippen LogP contribution in [0.3, 0.4) is 0 Å². The molecular weight excluding hydrogens is 681 g/mol. The van der Waals surface area contributed by atoms with E-state index in [2.05, 4.69) is 41.7 Å². The van der Waals surface area contributed by atoms with E-state index in [9.17, 15) is 14.4 Å². The molecule has 2 bridgehead atoms. The number of thioether (sulfide) groups is 1. The second-order valence-electron chi connectivity index (χ2n) is 12.9. The van der Waals surface area contributed by atoms with Crippen molar-refractivity contribution in [3.8, 4) is 5.75 Å². The van der Waals surface area contributed by atoms with Crippen LogP contribution in [0.1, 0.15) is 43.4 Å². The van der Waals surface area contributed by atoms with Gasteiger partial charge in [0.1, 0.15) is 25.0 Å². The van der Waals surface area contributed by atoms with Gasteiger partial charge in [-0.15, -0.1) is 0 Å². The van der Waals surface area contributed by atoms with Crippen molar-refractivity contribution in [3.63, 3.8) is 0 Å². The number of esters is 1. The van der Waals surface area contributed by atoms with E-state index in [1.54, 1.807) is 0 Å². The average Bonchev–Trinajstić information content (AvgIpc) is 3.15. The molecule has 280 valence electrons. The van der Waals surface area contributed by atoms with Crippen molar-refractivity contribution in [1.29, 1.82) is 0 Å². The summed E-state index contributed by atoms with van der Waals surface area (Å²) < 4.78 is 22.8. The first kappa shape index (κ1) is 40.1. The normalized spacial score (nSPS) is 17.2. The Morgan fingerprint density at radius 1 is 0.904 bits per heavy atom. The van der Waals surface area contributed by atoms with Gasteiger partial charge in [-0.3, -0.25) is 0 Å². The van der Waals surface area contributed by atoms with Crippen molar-refractivity contribution in [2.24, 2.45) is 5.92 Å². The Morgan fingerprint density at radius 3 is 2.23 bits per heavy atom. The third-order valence-electron chi connectivity index (χ3n) is 8.34. The van der Waals surface area contributed by atoms with E-state index in [1.165, 1.54) is 11.8 Å². The van der Waals surface area contributed by atoms with Gasteiger partial charge >= 0.3 is 18.1 Å². The maximum Gasteiger partial charge on any atom is 0.407 e. The first-order valence-electron chi connectivity index (χ1n) is 17.8. The number of urea groups is 1. The van der Waals surface area contributed by atoms with E-state index < -0.39 is 30.2 Å². The predicted molar refractivity (Wildman–Crippen MR) is 204 cm³/mol. The van der Waals surface area contributed by atoms with Crippen LogP contribution in [0.15, 0.2) is 97.2 Å². The first-order valence-corrected chi connectivity index (χ1v) is 19.0. The number of alkyl carbamates (subject to hydrolysis) is 1. The van der Waals surface area contributed by atoms with Gasteiger partial charge in [0.15, 0.2) is 0 Å². The summed E-state index contributed by atoms with van der Waals surface area (Å²) in [5, 5.41) is 12.1. The maximum atomic E-state index is 13.6. The smallest absolute Gasteiger partial charge is 0.407 e. The monoisotopic (exact) mass is 732 g/mol. The fourth-order valence-corrected chi connectivity index (χ4v) is 6.09. The largest absolute Gasteiger partial charge is 0.494 e. The molecule has 0 saturated carbocycles. The minimum Gasteiger partial charge on any atom is -0.494 e. The molecule has 0 aromatic heterocycles. The van der Waals surface area contributed by atoms with E-state index in [4.69, 9.17) is 18.9 Å². The molecule has 12 heteroatoms. The highest BCUT2D eigenvalue weighted by atomic mass is 32.2. The van der Waals surface area contributed by atoms with Gasteiger partial charge in [-0.1, -0.05) is 93.2 Å². The Bertz CT molecular complexity index is 1530. The first-order chi connectivity index (χ1) is 25.3. The Labute approximate surface area is 311 Å². The second-order valence-corrected chi connectivity index (χ2v) is 14.0. The molecule has 0 unspecified atom stereocenters. The fourth-order valence-electron chi connectivity index (χ4n) is 5.22. The zero-order chi connectivity index (χ0) is 37.0. The number of ether oxygens (including phenoxy) is 4. The van der Waals surface area contributed by atoms with Gasteiger partial charge in [0, 0.05) is 30.4 Å². The van der Waals surface area contributed by atoms with Gasteiger partial charge in [0.05, 0.1) is 25.3 Å². The fraction of sp³-hybridized carbons (Fsp3) is 0.425. The number of benzene rings is 3. The van der Waals surface area contributed by atoms with E-state index in [0.29, 0.717) is 44.2 Å². The molecule has 52 heavy (non-hydrogen) atoms. The molecule has 5 rings (SSSR count). The summed E-state index contributed by atoms with van der Waals surface area (Å²) in [5.74, 6) is 1.16. The van der Waals surface area contributed by atoms with Gasteiger partial charge in [-0.2, -0.15) is 11.8 Å². The molecule has 0 aliphatic carbocycles. The highest BCUT2D eigenvalue weighted by Gasteiger charge is 2.26. The Kier molecular flexibility index (Phi) is 17.2. The zero-order valence-corrected chi connectivity index (χ0v) is 31.0. The minimum atomic E-state index is -0.959. The molecule has 0 saturated heterocycles. The maximum absolute atomic E-state index is 13.6. The molecule has 2 heterocycles. The number of carbonyl (C=O) groups excluding carboxylic acids is 3. The summed E-state index contributed by atoms with van der Waals surface area (Å²) in [4.78, 5) is 39.1. The Balaban J connectivity index is 1.38. The predicted octanol–water partition coefficient (Wildman–Crippen LogP) is 5.99. The van der Waals surface area contributed by atoms with E-state index in [-0.39, 0.29) is 30.9 Å². The van der Waals surface area contributed by atoms with Crippen molar-refractivity contribution in [1.82, 2.24) is 21.3 Å². The molecule has 0 radical (unpaired) electrons. The van der Waals surface area contributed by atoms with Crippen LogP contribution in [0.2, 0.25) is 0 Å². The molecular formula is C40H52N4O7S. The van der Waals surface area contributed by atoms with Crippen molar-refractivity contribution >= 4 is 29.9 Å². The van der Waals surface area contributed by atoms with Gasteiger partial charge in [-0.05, 0) is 54.0 Å². The molecule has 4 N–H and O–H groups in total. The highest BCUT2D eigenvalue weighted by molar-refractivity contribution is 7.99. The molecule has 3 aromatic carbocycles. The molecule has 0 fully saturated rings. The topological polar surface area (TPSA) is 136 Å². The van der Waals surface area contributed by atoms with Gasteiger partial charge in [-0.25, -0.2) is 14.4 Å². The molecule has 11 nitrogen and oxygen atoms in total. The van der Waals surface area contributed by atoms with Crippen LogP contribution in [0.4, 0.5) is 9.59 Å². The van der Waals surface area contributed by atoms with Crippen LogP contribution in [-0.2, 0) is 38.6 Å². The lowest BCUT2D eigenvalue weighted by Crippen LogP contribution is -2.53. The summed E-state index contributed by atoms with van der Waals surface area (Å²) in [6.07, 6.45) is 1.71. The number of carbonyl (C=O) groups is 3. The van der Waals surface area contributed by atoms with Crippen LogP contribution < -0.4 is 26.0 Å². The molecule has 3 atom stereocenters. The third-order valence-corrected chi connectivity index (χ3v) is 9.40. The summed E-state index contributed by atoms with van der Waals surface area (Å²) in [5.41, 5.74) is 3.34. The van der Waals surface area contributed by atoms with Crippen LogP contribution in [0.25, 0.3) is 0 Å². The van der Waals surface area contributed by atoms with Crippen molar-refractivity contribution in [3.05, 3.63) is 114 Å². The van der Waals surface area contributed by atoms with Crippen LogP contribution in [0.5, 0.6) is 5.75 Å². The molecule has 0 spiro atoms. The average molecular weight is 733 g/mol. The van der Waals surface area contributed by atoms with Gasteiger partial charge in [0.25, 0.3) is 0 Å².